The van der Waals surface area contributed by atoms with Crippen molar-refractivity contribution < 1.29 is 0 Å². The van der Waals surface area contributed by atoms with Gasteiger partial charge in [-0.05, 0) is 30.4 Å². The van der Waals surface area contributed by atoms with Gasteiger partial charge in [-0.2, -0.15) is 5.26 Å². The molecule has 0 amide bonds. The van der Waals surface area contributed by atoms with Crippen LogP contribution in [0, 0.1) is 15.3 Å². The highest BCUT2D eigenvalue weighted by Crippen LogP contribution is 2.26. The van der Waals surface area contributed by atoms with E-state index in [0.717, 1.165) is 14.2 Å². The number of halogens is 1. The summed E-state index contributed by atoms with van der Waals surface area (Å²) in [6, 6.07) is 7.82. The van der Waals surface area contributed by atoms with Crippen molar-refractivity contribution in [2.75, 3.05) is 0 Å². The molecule has 0 N–H and O–H groups in total. The Morgan fingerprint density at radius 2 is 2.33 bits per heavy atom. The van der Waals surface area contributed by atoms with E-state index < -0.39 is 0 Å². The van der Waals surface area contributed by atoms with Crippen LogP contribution in [0.3, 0.4) is 0 Å². The maximum atomic E-state index is 8.56. The van der Waals surface area contributed by atoms with Gasteiger partial charge in [-0.1, -0.05) is 11.6 Å². The molecule has 2 nitrogen and oxygen atoms in total. The van der Waals surface area contributed by atoms with Gasteiger partial charge in [0, 0.05) is 11.6 Å². The Hall–Kier alpha value is -0.890. The van der Waals surface area contributed by atoms with E-state index in [2.05, 4.69) is 6.07 Å². The molecule has 0 spiro atoms. The summed E-state index contributed by atoms with van der Waals surface area (Å²) in [6.07, 6.45) is 0.465. The molecule has 5 heteroatoms. The van der Waals surface area contributed by atoms with Gasteiger partial charge in [0.05, 0.1) is 22.7 Å². The van der Waals surface area contributed by atoms with E-state index >= 15 is 0 Å². The lowest BCUT2D eigenvalue weighted by Gasteiger charge is -2.00. The Bertz CT molecular complexity index is 591. The Balaban J connectivity index is 2.61. The number of hydrogen-bond acceptors (Lipinski definition) is 3. The van der Waals surface area contributed by atoms with Crippen molar-refractivity contribution in [3.05, 3.63) is 27.2 Å². The van der Waals surface area contributed by atoms with E-state index in [4.69, 9.17) is 29.1 Å². The maximum Gasteiger partial charge on any atom is 0.162 e. The predicted molar refractivity (Wildman–Crippen MR) is 65.9 cm³/mol. The number of aryl methyl sites for hydroxylation is 1. The molecule has 2 rings (SSSR count). The first-order valence-corrected chi connectivity index (χ1v) is 5.98. The molecule has 0 bridgehead atoms. The summed E-state index contributed by atoms with van der Waals surface area (Å²) in [6.45, 7) is 0.635. The minimum absolute atomic E-state index is 0.465. The van der Waals surface area contributed by atoms with Crippen LogP contribution < -0.4 is 0 Å². The molecule has 0 saturated carbocycles. The average Bonchev–Trinajstić information content (AvgIpc) is 2.51. The van der Waals surface area contributed by atoms with E-state index in [0.29, 0.717) is 18.0 Å². The van der Waals surface area contributed by atoms with Crippen LogP contribution >= 0.6 is 35.2 Å². The first kappa shape index (κ1) is 10.6. The van der Waals surface area contributed by atoms with Gasteiger partial charge in [-0.3, -0.25) is 0 Å². The third-order valence-corrected chi connectivity index (χ3v) is 3.74. The second kappa shape index (κ2) is 4.31. The highest BCUT2D eigenvalue weighted by molar-refractivity contribution is 7.73. The number of fused-ring (bicyclic) bond motifs is 1. The van der Waals surface area contributed by atoms with E-state index in [1.165, 1.54) is 0 Å². The fourth-order valence-corrected chi connectivity index (χ4v) is 2.93. The third-order valence-electron chi connectivity index (χ3n) is 2.08. The molecule has 0 atom stereocenters. The molecule has 0 unspecified atom stereocenters. The maximum absolute atomic E-state index is 8.56. The quantitative estimate of drug-likeness (QED) is 0.758. The van der Waals surface area contributed by atoms with Gasteiger partial charge in [-0.25, -0.2) is 0 Å². The lowest BCUT2D eigenvalue weighted by atomic mass is 10.3. The van der Waals surface area contributed by atoms with Gasteiger partial charge in [-0.15, -0.1) is 11.3 Å². The van der Waals surface area contributed by atoms with Crippen molar-refractivity contribution in [3.63, 3.8) is 0 Å². The van der Waals surface area contributed by atoms with Gasteiger partial charge in [0.15, 0.2) is 3.95 Å². The van der Waals surface area contributed by atoms with Crippen LogP contribution in [0.1, 0.15) is 6.42 Å². The molecular weight excluding hydrogens is 248 g/mol. The molecule has 0 fully saturated rings. The van der Waals surface area contributed by atoms with Crippen molar-refractivity contribution in [2.24, 2.45) is 0 Å². The Labute approximate surface area is 101 Å². The minimum atomic E-state index is 0.465. The molecule has 0 aliphatic carbocycles. The number of aromatic nitrogens is 1. The zero-order valence-corrected chi connectivity index (χ0v) is 10.1. The molecule has 0 radical (unpaired) electrons. The number of thiazole rings is 1. The van der Waals surface area contributed by atoms with E-state index in [9.17, 15) is 0 Å². The Morgan fingerprint density at radius 1 is 1.53 bits per heavy atom. The number of nitrogens with zero attached hydrogens (tertiary/aromatic N) is 2. The Morgan fingerprint density at radius 3 is 3.07 bits per heavy atom. The molecule has 0 saturated heterocycles. The summed E-state index contributed by atoms with van der Waals surface area (Å²) in [4.78, 5) is 0. The van der Waals surface area contributed by atoms with Crippen LogP contribution in [0.4, 0.5) is 0 Å². The van der Waals surface area contributed by atoms with Gasteiger partial charge in [0.1, 0.15) is 0 Å². The average molecular weight is 255 g/mol. The van der Waals surface area contributed by atoms with Gasteiger partial charge in [0.2, 0.25) is 0 Å². The van der Waals surface area contributed by atoms with Crippen LogP contribution in [0.5, 0.6) is 0 Å². The number of benzene rings is 1. The fraction of sp³-hybridized carbons (Fsp3) is 0.200. The van der Waals surface area contributed by atoms with Crippen molar-refractivity contribution >= 4 is 45.4 Å². The highest BCUT2D eigenvalue weighted by atomic mass is 35.5. The van der Waals surface area contributed by atoms with E-state index in [1.807, 2.05) is 22.8 Å². The normalized spacial score (nSPS) is 10.4. The Kier molecular flexibility index (Phi) is 3.06. The lowest BCUT2D eigenvalue weighted by molar-refractivity contribution is 0.741. The predicted octanol–water partition coefficient (Wildman–Crippen LogP) is 4.00. The van der Waals surface area contributed by atoms with Crippen LogP contribution in [0.15, 0.2) is 18.2 Å². The summed E-state index contributed by atoms with van der Waals surface area (Å²) in [5.74, 6) is 0. The van der Waals surface area contributed by atoms with E-state index in [1.54, 1.807) is 11.3 Å². The first-order chi connectivity index (χ1) is 7.22. The van der Waals surface area contributed by atoms with Gasteiger partial charge < -0.3 is 4.57 Å². The number of nitriles is 1. The van der Waals surface area contributed by atoms with Crippen molar-refractivity contribution in [1.29, 1.82) is 5.26 Å². The zero-order valence-electron chi connectivity index (χ0n) is 7.74. The second-order valence-electron chi connectivity index (χ2n) is 3.04. The smallest absolute Gasteiger partial charge is 0.162 e. The monoisotopic (exact) mass is 254 g/mol. The molecule has 0 aliphatic rings. The largest absolute Gasteiger partial charge is 0.322 e. The first-order valence-electron chi connectivity index (χ1n) is 4.38. The third kappa shape index (κ3) is 2.05. The SMILES string of the molecule is N#CCCn1c(=S)sc2ccc(Cl)cc21. The number of rotatable bonds is 2. The minimum Gasteiger partial charge on any atom is -0.322 e. The molecular formula is C10H7ClN2S2. The van der Waals surface area contributed by atoms with Crippen LogP contribution in [-0.4, -0.2) is 4.57 Å². The molecule has 76 valence electrons. The molecule has 2 aromatic rings. The summed E-state index contributed by atoms with van der Waals surface area (Å²) in [5, 5.41) is 9.26. The topological polar surface area (TPSA) is 28.7 Å². The van der Waals surface area contributed by atoms with Crippen molar-refractivity contribution in [2.45, 2.75) is 13.0 Å². The number of hydrogen-bond donors (Lipinski definition) is 0. The summed E-state index contributed by atoms with van der Waals surface area (Å²) < 4.78 is 3.87. The van der Waals surface area contributed by atoms with E-state index in [-0.39, 0.29) is 0 Å². The van der Waals surface area contributed by atoms with Crippen molar-refractivity contribution in [3.8, 4) is 6.07 Å². The van der Waals surface area contributed by atoms with Crippen LogP contribution in [0.2, 0.25) is 5.02 Å². The zero-order chi connectivity index (χ0) is 10.8. The molecule has 1 aromatic heterocycles. The van der Waals surface area contributed by atoms with Crippen LogP contribution in [-0.2, 0) is 6.54 Å². The van der Waals surface area contributed by atoms with Crippen LogP contribution in [0.25, 0.3) is 10.2 Å². The molecule has 15 heavy (non-hydrogen) atoms. The standard InChI is InChI=1S/C10H7ClN2S2/c11-7-2-3-9-8(6-7)13(5-1-4-12)10(14)15-9/h2-3,6H,1,5H2. The lowest BCUT2D eigenvalue weighted by Crippen LogP contribution is -1.95. The fourth-order valence-electron chi connectivity index (χ4n) is 1.41. The molecule has 1 heterocycles. The summed E-state index contributed by atoms with van der Waals surface area (Å²) >= 11 is 12.7. The summed E-state index contributed by atoms with van der Waals surface area (Å²) in [7, 11) is 0. The highest BCUT2D eigenvalue weighted by Gasteiger charge is 2.04. The van der Waals surface area contributed by atoms with Gasteiger partial charge in [0.25, 0.3) is 0 Å². The van der Waals surface area contributed by atoms with Crippen molar-refractivity contribution in [1.82, 2.24) is 4.57 Å². The van der Waals surface area contributed by atoms with Gasteiger partial charge >= 0.3 is 0 Å². The second-order valence-corrected chi connectivity index (χ2v) is 5.15. The summed E-state index contributed by atoms with van der Waals surface area (Å²) in [5.41, 5.74) is 1.02. The molecule has 0 aliphatic heterocycles. The molecule has 1 aromatic carbocycles.